The number of amides is 3. The third-order valence-electron chi connectivity index (χ3n) is 5.03. The Hall–Kier alpha value is -2.84. The maximum atomic E-state index is 13.1. The average Bonchev–Trinajstić information content (AvgIpc) is 2.74. The van der Waals surface area contributed by atoms with Crippen LogP contribution in [0.15, 0.2) is 24.3 Å². The second kappa shape index (κ2) is 8.90. The van der Waals surface area contributed by atoms with Crippen LogP contribution in [0.5, 0.6) is 0 Å². The SMILES string of the molecule is CCOC(=O)N1CCN(C(=O)C(=O)N2CCN(c3ccc(F)cc3)CC2)CC1. The molecule has 0 spiro atoms. The fourth-order valence-corrected chi connectivity index (χ4v) is 3.40. The van der Waals surface area contributed by atoms with Gasteiger partial charge in [0, 0.05) is 58.0 Å². The molecule has 0 N–H and O–H groups in total. The summed E-state index contributed by atoms with van der Waals surface area (Å²) in [5.41, 5.74) is 0.898. The molecule has 0 saturated carbocycles. The van der Waals surface area contributed by atoms with Crippen molar-refractivity contribution >= 4 is 23.6 Å². The van der Waals surface area contributed by atoms with Crippen LogP contribution in [0.25, 0.3) is 0 Å². The Morgan fingerprint density at radius 1 is 0.821 bits per heavy atom. The van der Waals surface area contributed by atoms with E-state index in [1.54, 1.807) is 28.9 Å². The van der Waals surface area contributed by atoms with Crippen LogP contribution in [-0.2, 0) is 14.3 Å². The summed E-state index contributed by atoms with van der Waals surface area (Å²) in [5.74, 6) is -1.33. The molecule has 28 heavy (non-hydrogen) atoms. The van der Waals surface area contributed by atoms with Gasteiger partial charge in [-0.2, -0.15) is 0 Å². The number of hydrogen-bond donors (Lipinski definition) is 0. The minimum Gasteiger partial charge on any atom is -0.450 e. The number of benzene rings is 1. The molecule has 2 fully saturated rings. The monoisotopic (exact) mass is 392 g/mol. The summed E-state index contributed by atoms with van der Waals surface area (Å²) in [6.45, 7) is 5.44. The number of carbonyl (C=O) groups is 3. The van der Waals surface area contributed by atoms with Crippen molar-refractivity contribution in [1.29, 1.82) is 0 Å². The molecular formula is C19H25FN4O4. The van der Waals surface area contributed by atoms with E-state index in [0.29, 0.717) is 59.0 Å². The van der Waals surface area contributed by atoms with Gasteiger partial charge in [-0.25, -0.2) is 9.18 Å². The fourth-order valence-electron chi connectivity index (χ4n) is 3.40. The van der Waals surface area contributed by atoms with Gasteiger partial charge in [-0.1, -0.05) is 0 Å². The lowest BCUT2D eigenvalue weighted by Crippen LogP contribution is -2.57. The van der Waals surface area contributed by atoms with Crippen LogP contribution >= 0.6 is 0 Å². The number of nitrogens with zero attached hydrogens (tertiary/aromatic N) is 4. The van der Waals surface area contributed by atoms with E-state index in [9.17, 15) is 18.8 Å². The van der Waals surface area contributed by atoms with E-state index in [1.807, 2.05) is 0 Å². The van der Waals surface area contributed by atoms with Gasteiger partial charge in [0.25, 0.3) is 0 Å². The maximum Gasteiger partial charge on any atom is 0.409 e. The zero-order valence-corrected chi connectivity index (χ0v) is 16.0. The highest BCUT2D eigenvalue weighted by atomic mass is 19.1. The van der Waals surface area contributed by atoms with Gasteiger partial charge in [-0.3, -0.25) is 9.59 Å². The van der Waals surface area contributed by atoms with Crippen LogP contribution in [0.1, 0.15) is 6.92 Å². The number of hydrogen-bond acceptors (Lipinski definition) is 5. The first kappa shape index (κ1) is 19.9. The van der Waals surface area contributed by atoms with E-state index in [1.165, 1.54) is 17.0 Å². The predicted octanol–water partition coefficient (Wildman–Crippen LogP) is 0.775. The molecule has 3 amide bonds. The van der Waals surface area contributed by atoms with E-state index < -0.39 is 17.9 Å². The zero-order valence-electron chi connectivity index (χ0n) is 16.0. The second-order valence-corrected chi connectivity index (χ2v) is 6.73. The van der Waals surface area contributed by atoms with Crippen LogP contribution in [0.3, 0.4) is 0 Å². The molecule has 1 aromatic rings. The molecule has 0 bridgehead atoms. The van der Waals surface area contributed by atoms with Gasteiger partial charge < -0.3 is 24.3 Å². The Morgan fingerprint density at radius 3 is 1.79 bits per heavy atom. The summed E-state index contributed by atoms with van der Waals surface area (Å²) in [6, 6.07) is 6.24. The van der Waals surface area contributed by atoms with Gasteiger partial charge >= 0.3 is 17.9 Å². The number of piperazine rings is 2. The summed E-state index contributed by atoms with van der Waals surface area (Å²) in [5, 5.41) is 0. The Balaban J connectivity index is 1.48. The van der Waals surface area contributed by atoms with Crippen LogP contribution in [0, 0.1) is 5.82 Å². The van der Waals surface area contributed by atoms with Crippen molar-refractivity contribution in [2.24, 2.45) is 0 Å². The first-order valence-electron chi connectivity index (χ1n) is 9.50. The van der Waals surface area contributed by atoms with Crippen molar-refractivity contribution in [3.05, 3.63) is 30.1 Å². The maximum absolute atomic E-state index is 13.1. The van der Waals surface area contributed by atoms with Crippen molar-refractivity contribution in [1.82, 2.24) is 14.7 Å². The summed E-state index contributed by atoms with van der Waals surface area (Å²) in [4.78, 5) is 43.5. The molecule has 0 unspecified atom stereocenters. The average molecular weight is 392 g/mol. The Morgan fingerprint density at radius 2 is 1.29 bits per heavy atom. The van der Waals surface area contributed by atoms with Crippen molar-refractivity contribution in [2.45, 2.75) is 6.92 Å². The molecular weight excluding hydrogens is 367 g/mol. The lowest BCUT2D eigenvalue weighted by molar-refractivity contribution is -0.152. The minimum absolute atomic E-state index is 0.286. The molecule has 8 nitrogen and oxygen atoms in total. The molecule has 2 aliphatic rings. The third-order valence-corrected chi connectivity index (χ3v) is 5.03. The van der Waals surface area contributed by atoms with Gasteiger partial charge in [0.05, 0.1) is 6.61 Å². The Kier molecular flexibility index (Phi) is 6.33. The number of halogens is 1. The standard InChI is InChI=1S/C19H25FN4O4/c1-2-28-19(27)24-13-11-23(12-14-24)18(26)17(25)22-9-7-21(8-10-22)16-5-3-15(20)4-6-16/h3-6H,2,7-14H2,1H3. The Bertz CT molecular complexity index is 711. The van der Waals surface area contributed by atoms with Crippen LogP contribution in [0.4, 0.5) is 14.9 Å². The van der Waals surface area contributed by atoms with Crippen molar-refractivity contribution in [2.75, 3.05) is 63.9 Å². The van der Waals surface area contributed by atoms with E-state index in [2.05, 4.69) is 4.90 Å². The van der Waals surface area contributed by atoms with Gasteiger partial charge in [-0.15, -0.1) is 0 Å². The number of ether oxygens (including phenoxy) is 1. The Labute approximate surface area is 163 Å². The first-order chi connectivity index (χ1) is 13.5. The van der Waals surface area contributed by atoms with Crippen molar-refractivity contribution < 1.29 is 23.5 Å². The van der Waals surface area contributed by atoms with Gasteiger partial charge in [0.1, 0.15) is 5.82 Å². The van der Waals surface area contributed by atoms with Gasteiger partial charge in [-0.05, 0) is 31.2 Å². The van der Waals surface area contributed by atoms with E-state index in [-0.39, 0.29) is 5.82 Å². The van der Waals surface area contributed by atoms with Gasteiger partial charge in [0.15, 0.2) is 0 Å². The molecule has 2 heterocycles. The molecule has 0 atom stereocenters. The highest BCUT2D eigenvalue weighted by molar-refractivity contribution is 6.35. The molecule has 2 saturated heterocycles. The second-order valence-electron chi connectivity index (χ2n) is 6.73. The number of anilines is 1. The molecule has 0 aromatic heterocycles. The van der Waals surface area contributed by atoms with E-state index in [4.69, 9.17) is 4.74 Å². The van der Waals surface area contributed by atoms with Crippen molar-refractivity contribution in [3.8, 4) is 0 Å². The highest BCUT2D eigenvalue weighted by Crippen LogP contribution is 2.17. The highest BCUT2D eigenvalue weighted by Gasteiger charge is 2.32. The molecule has 2 aliphatic heterocycles. The molecule has 1 aromatic carbocycles. The molecule has 152 valence electrons. The topological polar surface area (TPSA) is 73.4 Å². The van der Waals surface area contributed by atoms with Crippen LogP contribution in [-0.4, -0.2) is 91.6 Å². The quantitative estimate of drug-likeness (QED) is 0.696. The number of carbonyl (C=O) groups excluding carboxylic acids is 3. The van der Waals surface area contributed by atoms with E-state index in [0.717, 1.165) is 5.69 Å². The molecule has 3 rings (SSSR count). The number of rotatable bonds is 2. The molecule has 0 aliphatic carbocycles. The summed E-state index contributed by atoms with van der Waals surface area (Å²) < 4.78 is 18.0. The molecule has 0 radical (unpaired) electrons. The molecule has 9 heteroatoms. The van der Waals surface area contributed by atoms with Gasteiger partial charge in [0.2, 0.25) is 0 Å². The normalized spacial score (nSPS) is 17.5. The van der Waals surface area contributed by atoms with Crippen LogP contribution < -0.4 is 4.90 Å². The minimum atomic E-state index is -0.529. The lowest BCUT2D eigenvalue weighted by atomic mass is 10.2. The summed E-state index contributed by atoms with van der Waals surface area (Å²) in [7, 11) is 0. The summed E-state index contributed by atoms with van der Waals surface area (Å²) in [6.07, 6.45) is -0.391. The lowest BCUT2D eigenvalue weighted by Gasteiger charge is -2.38. The largest absolute Gasteiger partial charge is 0.450 e. The van der Waals surface area contributed by atoms with Crippen LogP contribution in [0.2, 0.25) is 0 Å². The predicted molar refractivity (Wildman–Crippen MR) is 100 cm³/mol. The smallest absolute Gasteiger partial charge is 0.409 e. The van der Waals surface area contributed by atoms with Crippen molar-refractivity contribution in [3.63, 3.8) is 0 Å². The summed E-state index contributed by atoms with van der Waals surface area (Å²) >= 11 is 0. The fraction of sp³-hybridized carbons (Fsp3) is 0.526. The zero-order chi connectivity index (χ0) is 20.1. The first-order valence-corrected chi connectivity index (χ1v) is 9.50. The third kappa shape index (κ3) is 4.52. The van der Waals surface area contributed by atoms with E-state index >= 15 is 0 Å².